The summed E-state index contributed by atoms with van der Waals surface area (Å²) < 4.78 is 38.2. The van der Waals surface area contributed by atoms with Gasteiger partial charge in [-0.05, 0) is 29.2 Å². The molecule has 23 heavy (non-hydrogen) atoms. The monoisotopic (exact) mass is 320 g/mol. The van der Waals surface area contributed by atoms with E-state index in [0.717, 1.165) is 19.2 Å². The highest BCUT2D eigenvalue weighted by Crippen LogP contribution is 2.30. The van der Waals surface area contributed by atoms with E-state index < -0.39 is 11.7 Å². The van der Waals surface area contributed by atoms with Crippen LogP contribution in [0.1, 0.15) is 22.3 Å². The molecule has 1 heterocycles. The summed E-state index contributed by atoms with van der Waals surface area (Å²) in [6, 6.07) is 13.5. The molecule has 0 saturated heterocycles. The highest BCUT2D eigenvalue weighted by Gasteiger charge is 2.30. The van der Waals surface area contributed by atoms with E-state index in [1.165, 1.54) is 23.3 Å². The third-order valence-electron chi connectivity index (χ3n) is 4.15. The van der Waals surface area contributed by atoms with Gasteiger partial charge in [0.05, 0.1) is 5.56 Å². The minimum atomic E-state index is -4.31. The van der Waals surface area contributed by atoms with Gasteiger partial charge in [0.2, 0.25) is 0 Å². The zero-order valence-electron chi connectivity index (χ0n) is 12.7. The van der Waals surface area contributed by atoms with Gasteiger partial charge < -0.3 is 5.73 Å². The molecule has 5 heteroatoms. The standard InChI is InChI=1S/C18H19F3N2/c19-18(20,21)16-7-3-4-13(8-16)9-17(22)12-23-10-14-5-1-2-6-15(14)11-23/h1-8,17H,9-12,22H2/t17-/m1/s1. The summed E-state index contributed by atoms with van der Waals surface area (Å²) in [6.45, 7) is 2.38. The summed E-state index contributed by atoms with van der Waals surface area (Å²) >= 11 is 0. The van der Waals surface area contributed by atoms with Crippen LogP contribution in [-0.4, -0.2) is 17.5 Å². The summed E-state index contributed by atoms with van der Waals surface area (Å²) in [5.41, 5.74) is 8.78. The Kier molecular flexibility index (Phi) is 4.41. The first-order chi connectivity index (χ1) is 10.9. The van der Waals surface area contributed by atoms with Crippen molar-refractivity contribution in [1.82, 2.24) is 4.90 Å². The van der Waals surface area contributed by atoms with E-state index in [4.69, 9.17) is 5.73 Å². The molecule has 0 unspecified atom stereocenters. The summed E-state index contributed by atoms with van der Waals surface area (Å²) in [7, 11) is 0. The first kappa shape index (κ1) is 16.0. The average Bonchev–Trinajstić information content (AvgIpc) is 2.88. The van der Waals surface area contributed by atoms with E-state index in [0.29, 0.717) is 18.5 Å². The van der Waals surface area contributed by atoms with Crippen LogP contribution >= 0.6 is 0 Å². The smallest absolute Gasteiger partial charge is 0.326 e. The van der Waals surface area contributed by atoms with Crippen molar-refractivity contribution < 1.29 is 13.2 Å². The summed E-state index contributed by atoms with van der Waals surface area (Å²) in [5, 5.41) is 0. The van der Waals surface area contributed by atoms with Crippen LogP contribution in [-0.2, 0) is 25.7 Å². The van der Waals surface area contributed by atoms with Crippen LogP contribution in [0.2, 0.25) is 0 Å². The van der Waals surface area contributed by atoms with Crippen LogP contribution < -0.4 is 5.73 Å². The second kappa shape index (κ2) is 6.34. The number of hydrogen-bond donors (Lipinski definition) is 1. The summed E-state index contributed by atoms with van der Waals surface area (Å²) in [5.74, 6) is 0. The van der Waals surface area contributed by atoms with Crippen molar-refractivity contribution in [1.29, 1.82) is 0 Å². The SMILES string of the molecule is N[C@H](Cc1cccc(C(F)(F)F)c1)CN1Cc2ccccc2C1. The molecule has 2 N–H and O–H groups in total. The molecule has 1 atom stereocenters. The zero-order chi connectivity index (χ0) is 16.4. The third-order valence-corrected chi connectivity index (χ3v) is 4.15. The van der Waals surface area contributed by atoms with Crippen molar-refractivity contribution in [3.63, 3.8) is 0 Å². The Morgan fingerprint density at radius 3 is 2.26 bits per heavy atom. The Hall–Kier alpha value is -1.85. The lowest BCUT2D eigenvalue weighted by Crippen LogP contribution is -2.36. The van der Waals surface area contributed by atoms with Crippen molar-refractivity contribution in [3.05, 3.63) is 70.8 Å². The van der Waals surface area contributed by atoms with Gasteiger partial charge in [-0.25, -0.2) is 0 Å². The summed E-state index contributed by atoms with van der Waals surface area (Å²) in [4.78, 5) is 2.24. The molecule has 0 aromatic heterocycles. The molecule has 0 spiro atoms. The van der Waals surface area contributed by atoms with E-state index in [2.05, 4.69) is 17.0 Å². The van der Waals surface area contributed by atoms with Crippen molar-refractivity contribution in [2.45, 2.75) is 31.7 Å². The molecule has 0 aliphatic carbocycles. The van der Waals surface area contributed by atoms with E-state index in [1.54, 1.807) is 6.07 Å². The third kappa shape index (κ3) is 3.92. The minimum absolute atomic E-state index is 0.187. The number of halogens is 3. The van der Waals surface area contributed by atoms with Crippen molar-refractivity contribution in [2.75, 3.05) is 6.54 Å². The fourth-order valence-electron chi connectivity index (χ4n) is 3.11. The number of fused-ring (bicyclic) bond motifs is 1. The zero-order valence-corrected chi connectivity index (χ0v) is 12.7. The molecule has 1 aliphatic rings. The Morgan fingerprint density at radius 1 is 1.00 bits per heavy atom. The normalized spacial score (nSPS) is 16.3. The van der Waals surface area contributed by atoms with Gasteiger partial charge in [-0.3, -0.25) is 4.90 Å². The van der Waals surface area contributed by atoms with Crippen LogP contribution in [0.3, 0.4) is 0 Å². The summed E-state index contributed by atoms with van der Waals surface area (Å²) in [6.07, 6.45) is -3.87. The minimum Gasteiger partial charge on any atom is -0.326 e. The second-order valence-corrected chi connectivity index (χ2v) is 6.10. The molecule has 2 nitrogen and oxygen atoms in total. The average molecular weight is 320 g/mol. The molecule has 0 saturated carbocycles. The molecular formula is C18H19F3N2. The lowest BCUT2D eigenvalue weighted by Gasteiger charge is -2.20. The molecular weight excluding hydrogens is 301 g/mol. The maximum Gasteiger partial charge on any atom is 0.416 e. The molecule has 2 aromatic carbocycles. The highest BCUT2D eigenvalue weighted by molar-refractivity contribution is 5.30. The fraction of sp³-hybridized carbons (Fsp3) is 0.333. The van der Waals surface area contributed by atoms with Crippen LogP contribution in [0.5, 0.6) is 0 Å². The van der Waals surface area contributed by atoms with Crippen LogP contribution in [0.25, 0.3) is 0 Å². The second-order valence-electron chi connectivity index (χ2n) is 6.10. The topological polar surface area (TPSA) is 29.3 Å². The molecule has 0 fully saturated rings. The number of hydrogen-bond acceptors (Lipinski definition) is 2. The van der Waals surface area contributed by atoms with Crippen molar-refractivity contribution in [2.24, 2.45) is 5.73 Å². The van der Waals surface area contributed by atoms with Gasteiger partial charge >= 0.3 is 6.18 Å². The lowest BCUT2D eigenvalue weighted by atomic mass is 10.0. The largest absolute Gasteiger partial charge is 0.416 e. The molecule has 1 aliphatic heterocycles. The maximum absolute atomic E-state index is 12.7. The highest BCUT2D eigenvalue weighted by atomic mass is 19.4. The van der Waals surface area contributed by atoms with E-state index in [1.807, 2.05) is 12.1 Å². The van der Waals surface area contributed by atoms with Gasteiger partial charge in [-0.15, -0.1) is 0 Å². The van der Waals surface area contributed by atoms with Gasteiger partial charge in [0.15, 0.2) is 0 Å². The maximum atomic E-state index is 12.7. The molecule has 0 radical (unpaired) electrons. The lowest BCUT2D eigenvalue weighted by molar-refractivity contribution is -0.137. The van der Waals surface area contributed by atoms with Gasteiger partial charge in [0.1, 0.15) is 0 Å². The quantitative estimate of drug-likeness (QED) is 0.933. The first-order valence-electron chi connectivity index (χ1n) is 7.62. The molecule has 0 amide bonds. The number of nitrogens with two attached hydrogens (primary N) is 1. The molecule has 0 bridgehead atoms. The number of benzene rings is 2. The predicted octanol–water partition coefficient (Wildman–Crippen LogP) is 3.59. The van der Waals surface area contributed by atoms with Crippen molar-refractivity contribution >= 4 is 0 Å². The van der Waals surface area contributed by atoms with Gasteiger partial charge in [0, 0.05) is 25.7 Å². The fourth-order valence-corrected chi connectivity index (χ4v) is 3.11. The van der Waals surface area contributed by atoms with E-state index >= 15 is 0 Å². The Balaban J connectivity index is 1.59. The van der Waals surface area contributed by atoms with Crippen LogP contribution in [0.15, 0.2) is 48.5 Å². The van der Waals surface area contributed by atoms with Gasteiger partial charge in [-0.1, -0.05) is 42.5 Å². The van der Waals surface area contributed by atoms with Gasteiger partial charge in [0.25, 0.3) is 0 Å². The van der Waals surface area contributed by atoms with Crippen LogP contribution in [0.4, 0.5) is 13.2 Å². The number of rotatable bonds is 4. The first-order valence-corrected chi connectivity index (χ1v) is 7.62. The number of nitrogens with zero attached hydrogens (tertiary/aromatic N) is 1. The number of alkyl halides is 3. The van der Waals surface area contributed by atoms with Crippen LogP contribution in [0, 0.1) is 0 Å². The Labute approximate surface area is 133 Å². The predicted molar refractivity (Wildman–Crippen MR) is 83.7 cm³/mol. The Bertz CT molecular complexity index is 657. The van der Waals surface area contributed by atoms with E-state index in [-0.39, 0.29) is 6.04 Å². The molecule has 122 valence electrons. The van der Waals surface area contributed by atoms with Gasteiger partial charge in [-0.2, -0.15) is 13.2 Å². The van der Waals surface area contributed by atoms with E-state index in [9.17, 15) is 13.2 Å². The van der Waals surface area contributed by atoms with Crippen molar-refractivity contribution in [3.8, 4) is 0 Å². The molecule has 3 rings (SSSR count). The molecule has 2 aromatic rings. The Morgan fingerprint density at radius 2 is 1.65 bits per heavy atom.